The first-order chi connectivity index (χ1) is 9.58. The number of hydrogen-bond acceptors (Lipinski definition) is 5. The number of rotatable bonds is 5. The Hall–Kier alpha value is -2.18. The highest BCUT2D eigenvalue weighted by Crippen LogP contribution is 2.21. The second kappa shape index (κ2) is 6.31. The molecule has 7 heteroatoms. The summed E-state index contributed by atoms with van der Waals surface area (Å²) in [5, 5.41) is 16.6. The molecule has 1 aromatic rings. The lowest BCUT2D eigenvalue weighted by atomic mass is 10.2. The van der Waals surface area contributed by atoms with E-state index in [2.05, 4.69) is 15.6 Å². The Morgan fingerprint density at radius 2 is 2.20 bits per heavy atom. The summed E-state index contributed by atoms with van der Waals surface area (Å²) >= 11 is 0. The van der Waals surface area contributed by atoms with Gasteiger partial charge in [0.25, 0.3) is 0 Å². The van der Waals surface area contributed by atoms with Crippen molar-refractivity contribution in [1.82, 2.24) is 10.3 Å². The molecule has 20 heavy (non-hydrogen) atoms. The van der Waals surface area contributed by atoms with Crippen molar-refractivity contribution in [3.05, 3.63) is 28.4 Å². The van der Waals surface area contributed by atoms with Crippen molar-refractivity contribution in [2.24, 2.45) is 0 Å². The van der Waals surface area contributed by atoms with Crippen LogP contribution in [0.4, 0.5) is 11.5 Å². The molecule has 108 valence electrons. The average molecular weight is 278 g/mol. The van der Waals surface area contributed by atoms with Gasteiger partial charge in [-0.15, -0.1) is 0 Å². The number of nitrogens with zero attached hydrogens (tertiary/aromatic N) is 2. The van der Waals surface area contributed by atoms with E-state index in [1.165, 1.54) is 18.3 Å². The molecule has 0 bridgehead atoms. The number of anilines is 1. The van der Waals surface area contributed by atoms with Gasteiger partial charge in [0.2, 0.25) is 11.7 Å². The van der Waals surface area contributed by atoms with Gasteiger partial charge in [-0.25, -0.2) is 4.98 Å². The van der Waals surface area contributed by atoms with E-state index in [1.807, 2.05) is 0 Å². The van der Waals surface area contributed by atoms with Gasteiger partial charge in [-0.2, -0.15) is 0 Å². The minimum absolute atomic E-state index is 0.117. The van der Waals surface area contributed by atoms with Crippen LogP contribution in [0.15, 0.2) is 18.3 Å². The molecule has 0 radical (unpaired) electrons. The molecule has 0 saturated heterocycles. The van der Waals surface area contributed by atoms with Crippen molar-refractivity contribution >= 4 is 17.4 Å². The van der Waals surface area contributed by atoms with Crippen LogP contribution in [0, 0.1) is 10.1 Å². The lowest BCUT2D eigenvalue weighted by molar-refractivity contribution is -0.384. The van der Waals surface area contributed by atoms with Gasteiger partial charge in [-0.1, -0.05) is 12.8 Å². The van der Waals surface area contributed by atoms with E-state index < -0.39 is 11.0 Å². The Labute approximate surface area is 116 Å². The van der Waals surface area contributed by atoms with E-state index in [4.69, 9.17) is 0 Å². The van der Waals surface area contributed by atoms with Gasteiger partial charge in [0.15, 0.2) is 0 Å². The van der Waals surface area contributed by atoms with Gasteiger partial charge in [0.05, 0.1) is 4.92 Å². The lowest BCUT2D eigenvalue weighted by Gasteiger charge is -2.17. The fourth-order valence-corrected chi connectivity index (χ4v) is 2.32. The highest BCUT2D eigenvalue weighted by Gasteiger charge is 2.23. The van der Waals surface area contributed by atoms with Crippen LogP contribution in [-0.2, 0) is 4.79 Å². The molecule has 7 nitrogen and oxygen atoms in total. The van der Waals surface area contributed by atoms with E-state index in [1.54, 1.807) is 6.92 Å². The second-order valence-electron chi connectivity index (χ2n) is 4.98. The predicted molar refractivity (Wildman–Crippen MR) is 74.4 cm³/mol. The van der Waals surface area contributed by atoms with E-state index in [-0.39, 0.29) is 23.5 Å². The maximum Gasteiger partial charge on any atom is 0.311 e. The molecule has 0 aromatic carbocycles. The van der Waals surface area contributed by atoms with E-state index in [0.29, 0.717) is 0 Å². The molecule has 1 aromatic heterocycles. The minimum atomic E-state index is -0.566. The number of nitrogens with one attached hydrogen (secondary N) is 2. The number of aromatic nitrogens is 1. The molecular weight excluding hydrogens is 260 g/mol. The Morgan fingerprint density at radius 1 is 1.50 bits per heavy atom. The first kappa shape index (κ1) is 14.2. The monoisotopic (exact) mass is 278 g/mol. The largest absolute Gasteiger partial charge is 0.353 e. The molecule has 1 heterocycles. The highest BCUT2D eigenvalue weighted by atomic mass is 16.6. The normalized spacial score (nSPS) is 16.6. The van der Waals surface area contributed by atoms with Crippen LogP contribution in [0.1, 0.15) is 32.6 Å². The van der Waals surface area contributed by atoms with Gasteiger partial charge < -0.3 is 10.6 Å². The summed E-state index contributed by atoms with van der Waals surface area (Å²) in [6.07, 6.45) is 5.73. The number of pyridine rings is 1. The number of carbonyl (C=O) groups excluding carboxylic acids is 1. The van der Waals surface area contributed by atoms with Gasteiger partial charge in [0.1, 0.15) is 6.04 Å². The van der Waals surface area contributed by atoms with Crippen LogP contribution in [-0.4, -0.2) is 27.9 Å². The highest BCUT2D eigenvalue weighted by molar-refractivity contribution is 5.84. The molecule has 2 rings (SSSR count). The first-order valence-electron chi connectivity index (χ1n) is 6.74. The summed E-state index contributed by atoms with van der Waals surface area (Å²) in [4.78, 5) is 26.3. The van der Waals surface area contributed by atoms with Crippen LogP contribution >= 0.6 is 0 Å². The first-order valence-corrected chi connectivity index (χ1v) is 6.74. The van der Waals surface area contributed by atoms with Gasteiger partial charge in [-0.3, -0.25) is 14.9 Å². The van der Waals surface area contributed by atoms with E-state index in [9.17, 15) is 14.9 Å². The third-order valence-electron chi connectivity index (χ3n) is 3.43. The molecule has 0 spiro atoms. The van der Waals surface area contributed by atoms with E-state index >= 15 is 0 Å². The van der Waals surface area contributed by atoms with Gasteiger partial charge in [0, 0.05) is 18.3 Å². The minimum Gasteiger partial charge on any atom is -0.353 e. The summed E-state index contributed by atoms with van der Waals surface area (Å²) in [7, 11) is 0. The Balaban J connectivity index is 1.98. The van der Waals surface area contributed by atoms with Crippen LogP contribution < -0.4 is 10.6 Å². The van der Waals surface area contributed by atoms with Gasteiger partial charge in [-0.05, 0) is 25.8 Å². The van der Waals surface area contributed by atoms with Crippen molar-refractivity contribution < 1.29 is 9.72 Å². The number of amides is 1. The van der Waals surface area contributed by atoms with Crippen molar-refractivity contribution in [3.63, 3.8) is 0 Å². The zero-order valence-corrected chi connectivity index (χ0v) is 11.3. The average Bonchev–Trinajstić information content (AvgIpc) is 2.91. The van der Waals surface area contributed by atoms with Crippen molar-refractivity contribution in [1.29, 1.82) is 0 Å². The molecule has 1 atom stereocenters. The maximum atomic E-state index is 12.0. The van der Waals surface area contributed by atoms with E-state index in [0.717, 1.165) is 25.7 Å². The molecular formula is C13H18N4O3. The molecule has 1 aliphatic rings. The Morgan fingerprint density at radius 3 is 2.85 bits per heavy atom. The fourth-order valence-electron chi connectivity index (χ4n) is 2.32. The zero-order valence-electron chi connectivity index (χ0n) is 11.3. The zero-order chi connectivity index (χ0) is 14.5. The summed E-state index contributed by atoms with van der Waals surface area (Å²) < 4.78 is 0. The summed E-state index contributed by atoms with van der Waals surface area (Å²) in [6.45, 7) is 1.67. The molecule has 2 N–H and O–H groups in total. The molecule has 0 aliphatic heterocycles. The van der Waals surface area contributed by atoms with Crippen LogP contribution in [0.3, 0.4) is 0 Å². The second-order valence-corrected chi connectivity index (χ2v) is 4.98. The van der Waals surface area contributed by atoms with Crippen LogP contribution in [0.25, 0.3) is 0 Å². The topological polar surface area (TPSA) is 97.2 Å². The Bertz CT molecular complexity index is 500. The smallest absolute Gasteiger partial charge is 0.311 e. The summed E-state index contributed by atoms with van der Waals surface area (Å²) in [5.74, 6) is -0.0385. The molecule has 1 aliphatic carbocycles. The van der Waals surface area contributed by atoms with Crippen LogP contribution in [0.2, 0.25) is 0 Å². The van der Waals surface area contributed by atoms with Crippen molar-refractivity contribution in [2.75, 3.05) is 5.32 Å². The molecule has 1 fully saturated rings. The molecule has 0 unspecified atom stereocenters. The number of carbonyl (C=O) groups is 1. The van der Waals surface area contributed by atoms with Gasteiger partial charge >= 0.3 is 5.69 Å². The number of hydrogen-bond donors (Lipinski definition) is 2. The molecule has 1 amide bonds. The predicted octanol–water partition coefficient (Wildman–Crippen LogP) is 1.85. The van der Waals surface area contributed by atoms with Crippen LogP contribution in [0.5, 0.6) is 0 Å². The third kappa shape index (κ3) is 3.43. The maximum absolute atomic E-state index is 12.0. The standard InChI is InChI=1S/C13H18N4O3/c1-9(13(18)16-10-5-2-3-6-10)15-12-11(17(19)20)7-4-8-14-12/h4,7-10H,2-3,5-6H2,1H3,(H,14,15)(H,16,18)/t9-/m0/s1. The molecule has 1 saturated carbocycles. The number of nitro groups is 1. The van der Waals surface area contributed by atoms with Crippen molar-refractivity contribution in [3.8, 4) is 0 Å². The quantitative estimate of drug-likeness (QED) is 0.632. The lowest BCUT2D eigenvalue weighted by Crippen LogP contribution is -2.42. The Kier molecular flexibility index (Phi) is 4.49. The van der Waals surface area contributed by atoms with Crippen molar-refractivity contribution in [2.45, 2.75) is 44.7 Å². The third-order valence-corrected chi connectivity index (χ3v) is 3.43. The fraction of sp³-hybridized carbons (Fsp3) is 0.538. The summed E-state index contributed by atoms with van der Waals surface area (Å²) in [5.41, 5.74) is -0.131. The summed E-state index contributed by atoms with van der Waals surface area (Å²) in [6, 6.07) is 2.51. The SMILES string of the molecule is C[C@H](Nc1ncccc1[N+](=O)[O-])C(=O)NC1CCCC1.